The Hall–Kier alpha value is -2.64. The van der Waals surface area contributed by atoms with E-state index in [9.17, 15) is 4.79 Å². The Balaban J connectivity index is 1.75. The fraction of sp³-hybridized carbons (Fsp3) is 0.294. The molecule has 24 heavy (non-hydrogen) atoms. The Morgan fingerprint density at radius 1 is 1.25 bits per heavy atom. The van der Waals surface area contributed by atoms with Gasteiger partial charge >= 0.3 is 5.69 Å². The highest BCUT2D eigenvalue weighted by molar-refractivity contribution is 5.77. The van der Waals surface area contributed by atoms with Crippen LogP contribution in [0, 0.1) is 0 Å². The zero-order valence-electron chi connectivity index (χ0n) is 13.6. The molecule has 2 aromatic heterocycles. The van der Waals surface area contributed by atoms with Gasteiger partial charge in [-0.25, -0.2) is 9.78 Å². The maximum absolute atomic E-state index is 12.2. The van der Waals surface area contributed by atoms with Gasteiger partial charge in [-0.1, -0.05) is 12.1 Å². The standard InChI is InChI=1S/C17H19N3O4/c1-12(24-11-22-2)10-23-16-8-7-13(9-18-16)20-15-6-4-3-5-14(15)19-17(20)21/h3-9,12H,10-11H2,1-2H3,(H,19,21)/t12-/m1/s1. The second-order valence-corrected chi connectivity index (χ2v) is 5.33. The molecule has 0 amide bonds. The average Bonchev–Trinajstić information content (AvgIpc) is 2.94. The lowest BCUT2D eigenvalue weighted by Crippen LogP contribution is -2.19. The molecular formula is C17H19N3O4. The van der Waals surface area contributed by atoms with Crippen LogP contribution in [0.2, 0.25) is 0 Å². The number of fused-ring (bicyclic) bond motifs is 1. The lowest BCUT2D eigenvalue weighted by atomic mass is 10.3. The molecule has 0 aliphatic rings. The van der Waals surface area contributed by atoms with Crippen LogP contribution in [0.15, 0.2) is 47.4 Å². The molecule has 1 atom stereocenters. The van der Waals surface area contributed by atoms with Gasteiger partial charge in [0.2, 0.25) is 5.88 Å². The van der Waals surface area contributed by atoms with E-state index in [1.54, 1.807) is 30.0 Å². The molecule has 0 unspecified atom stereocenters. The zero-order chi connectivity index (χ0) is 16.9. The average molecular weight is 329 g/mol. The van der Waals surface area contributed by atoms with Crippen molar-refractivity contribution in [3.63, 3.8) is 0 Å². The van der Waals surface area contributed by atoms with Crippen LogP contribution < -0.4 is 10.4 Å². The van der Waals surface area contributed by atoms with Crippen molar-refractivity contribution < 1.29 is 14.2 Å². The minimum absolute atomic E-state index is 0.109. The number of benzene rings is 1. The molecule has 0 fully saturated rings. The van der Waals surface area contributed by atoms with Crippen LogP contribution in [0.5, 0.6) is 5.88 Å². The molecule has 0 saturated carbocycles. The van der Waals surface area contributed by atoms with Crippen molar-refractivity contribution in [1.82, 2.24) is 14.5 Å². The number of nitrogens with zero attached hydrogens (tertiary/aromatic N) is 2. The third kappa shape index (κ3) is 3.47. The first-order valence-corrected chi connectivity index (χ1v) is 7.58. The van der Waals surface area contributed by atoms with Gasteiger partial charge in [-0.05, 0) is 25.1 Å². The smallest absolute Gasteiger partial charge is 0.331 e. The van der Waals surface area contributed by atoms with Gasteiger partial charge in [0, 0.05) is 13.2 Å². The summed E-state index contributed by atoms with van der Waals surface area (Å²) in [5, 5.41) is 0. The summed E-state index contributed by atoms with van der Waals surface area (Å²) in [5.41, 5.74) is 2.06. The topological polar surface area (TPSA) is 78.4 Å². The van der Waals surface area contributed by atoms with Crippen molar-refractivity contribution in [3.05, 3.63) is 53.1 Å². The number of rotatable bonds is 7. The van der Waals surface area contributed by atoms with E-state index >= 15 is 0 Å². The van der Waals surface area contributed by atoms with Crippen LogP contribution in [-0.2, 0) is 9.47 Å². The van der Waals surface area contributed by atoms with Crippen molar-refractivity contribution in [1.29, 1.82) is 0 Å². The van der Waals surface area contributed by atoms with E-state index in [2.05, 4.69) is 9.97 Å². The zero-order valence-corrected chi connectivity index (χ0v) is 13.6. The third-order valence-corrected chi connectivity index (χ3v) is 3.50. The summed E-state index contributed by atoms with van der Waals surface area (Å²) in [4.78, 5) is 19.2. The summed E-state index contributed by atoms with van der Waals surface area (Å²) in [5.74, 6) is 0.472. The van der Waals surface area contributed by atoms with E-state index in [1.165, 1.54) is 0 Å². The first-order chi connectivity index (χ1) is 11.7. The molecule has 0 saturated heterocycles. The van der Waals surface area contributed by atoms with Gasteiger partial charge in [0.05, 0.1) is 29.0 Å². The highest BCUT2D eigenvalue weighted by Gasteiger charge is 2.09. The van der Waals surface area contributed by atoms with Gasteiger partial charge in [-0.2, -0.15) is 0 Å². The molecule has 7 nitrogen and oxygen atoms in total. The largest absolute Gasteiger partial charge is 0.475 e. The molecule has 1 N–H and O–H groups in total. The van der Waals surface area contributed by atoms with Crippen molar-refractivity contribution in [2.45, 2.75) is 13.0 Å². The normalized spacial score (nSPS) is 12.4. The molecule has 7 heteroatoms. The number of imidazole rings is 1. The Morgan fingerprint density at radius 2 is 2.08 bits per heavy atom. The van der Waals surface area contributed by atoms with E-state index in [0.717, 1.165) is 11.0 Å². The van der Waals surface area contributed by atoms with Gasteiger partial charge in [0.1, 0.15) is 13.4 Å². The van der Waals surface area contributed by atoms with Crippen LogP contribution in [-0.4, -0.2) is 41.1 Å². The molecule has 3 aromatic rings. The van der Waals surface area contributed by atoms with Gasteiger partial charge in [-0.3, -0.25) is 4.57 Å². The number of aromatic amines is 1. The van der Waals surface area contributed by atoms with Crippen LogP contribution in [0.3, 0.4) is 0 Å². The summed E-state index contributed by atoms with van der Waals surface area (Å²) in [7, 11) is 1.57. The number of para-hydroxylation sites is 2. The van der Waals surface area contributed by atoms with Crippen LogP contribution in [0.1, 0.15) is 6.92 Å². The van der Waals surface area contributed by atoms with Crippen LogP contribution in [0.4, 0.5) is 0 Å². The summed E-state index contributed by atoms with van der Waals surface area (Å²) >= 11 is 0. The molecule has 0 bridgehead atoms. The Labute approximate surface area is 138 Å². The third-order valence-electron chi connectivity index (χ3n) is 3.50. The lowest BCUT2D eigenvalue weighted by Gasteiger charge is -2.13. The highest BCUT2D eigenvalue weighted by atomic mass is 16.7. The predicted molar refractivity (Wildman–Crippen MR) is 89.6 cm³/mol. The first-order valence-electron chi connectivity index (χ1n) is 7.58. The fourth-order valence-electron chi connectivity index (χ4n) is 2.34. The molecule has 0 aliphatic heterocycles. The maximum Gasteiger partial charge on any atom is 0.331 e. The molecule has 3 rings (SSSR count). The van der Waals surface area contributed by atoms with E-state index in [-0.39, 0.29) is 18.6 Å². The van der Waals surface area contributed by atoms with Crippen molar-refractivity contribution in [2.75, 3.05) is 20.5 Å². The van der Waals surface area contributed by atoms with Gasteiger partial charge < -0.3 is 19.2 Å². The second kappa shape index (κ2) is 7.29. The molecule has 126 valence electrons. The summed E-state index contributed by atoms with van der Waals surface area (Å²) in [6, 6.07) is 11.0. The summed E-state index contributed by atoms with van der Waals surface area (Å²) in [6.07, 6.45) is 1.50. The molecule has 0 radical (unpaired) electrons. The molecule has 1 aromatic carbocycles. The van der Waals surface area contributed by atoms with E-state index in [0.29, 0.717) is 18.2 Å². The quantitative estimate of drug-likeness (QED) is 0.672. The number of nitrogens with one attached hydrogen (secondary N) is 1. The Morgan fingerprint density at radius 3 is 2.83 bits per heavy atom. The van der Waals surface area contributed by atoms with Crippen molar-refractivity contribution in [3.8, 4) is 11.6 Å². The number of hydrogen-bond acceptors (Lipinski definition) is 5. The van der Waals surface area contributed by atoms with Crippen molar-refractivity contribution >= 4 is 11.0 Å². The molecule has 2 heterocycles. The number of aromatic nitrogens is 3. The summed E-state index contributed by atoms with van der Waals surface area (Å²) in [6.45, 7) is 2.47. The molecule has 0 spiro atoms. The molecular weight excluding hydrogens is 310 g/mol. The summed E-state index contributed by atoms with van der Waals surface area (Å²) < 4.78 is 17.3. The number of pyridine rings is 1. The number of methoxy groups -OCH3 is 1. The number of ether oxygens (including phenoxy) is 3. The van der Waals surface area contributed by atoms with Crippen LogP contribution in [0.25, 0.3) is 16.7 Å². The van der Waals surface area contributed by atoms with Gasteiger partial charge in [0.15, 0.2) is 0 Å². The minimum Gasteiger partial charge on any atom is -0.475 e. The highest BCUT2D eigenvalue weighted by Crippen LogP contribution is 2.16. The number of H-pyrrole nitrogens is 1. The van der Waals surface area contributed by atoms with Gasteiger partial charge in [-0.15, -0.1) is 0 Å². The predicted octanol–water partition coefficient (Wildman–Crippen LogP) is 2.10. The second-order valence-electron chi connectivity index (χ2n) is 5.33. The van der Waals surface area contributed by atoms with E-state index in [4.69, 9.17) is 14.2 Å². The number of hydrogen-bond donors (Lipinski definition) is 1. The van der Waals surface area contributed by atoms with Crippen LogP contribution >= 0.6 is 0 Å². The van der Waals surface area contributed by atoms with E-state index in [1.807, 2.05) is 31.2 Å². The molecule has 0 aliphatic carbocycles. The van der Waals surface area contributed by atoms with E-state index < -0.39 is 0 Å². The lowest BCUT2D eigenvalue weighted by molar-refractivity contribution is -0.0771. The first kappa shape index (κ1) is 16.2. The maximum atomic E-state index is 12.2. The van der Waals surface area contributed by atoms with Gasteiger partial charge in [0.25, 0.3) is 0 Å². The monoisotopic (exact) mass is 329 g/mol. The fourth-order valence-corrected chi connectivity index (χ4v) is 2.34. The Bertz CT molecular complexity index is 854. The van der Waals surface area contributed by atoms with Crippen molar-refractivity contribution in [2.24, 2.45) is 0 Å². The Kier molecular flexibility index (Phi) is 4.93. The minimum atomic E-state index is -0.201. The SMILES string of the molecule is COCO[C@H](C)COc1ccc(-n2c(=O)[nH]c3ccccc32)cn1.